The Morgan fingerprint density at radius 3 is 2.39 bits per heavy atom. The zero-order chi connectivity index (χ0) is 22.4. The summed E-state index contributed by atoms with van der Waals surface area (Å²) < 4.78 is 43.9. The lowest BCUT2D eigenvalue weighted by molar-refractivity contribution is -0.386. The second-order valence-corrected chi connectivity index (χ2v) is 8.65. The van der Waals surface area contributed by atoms with Gasteiger partial charge >= 0.3 is 5.69 Å². The minimum absolute atomic E-state index is 0.00613. The third-order valence-electron chi connectivity index (χ3n) is 5.11. The molecule has 31 heavy (non-hydrogen) atoms. The summed E-state index contributed by atoms with van der Waals surface area (Å²) in [6.07, 6.45) is 0. The van der Waals surface area contributed by atoms with E-state index in [0.717, 1.165) is 11.6 Å². The highest BCUT2D eigenvalue weighted by atomic mass is 32.2. The summed E-state index contributed by atoms with van der Waals surface area (Å²) in [5.74, 6) is 0.698. The summed E-state index contributed by atoms with van der Waals surface area (Å²) in [6.45, 7) is 2.53. The molecule has 0 aliphatic carbocycles. The summed E-state index contributed by atoms with van der Waals surface area (Å²) in [4.78, 5) is 12.5. The van der Waals surface area contributed by atoms with Crippen molar-refractivity contribution in [2.24, 2.45) is 0 Å². The van der Waals surface area contributed by atoms with Gasteiger partial charge in [0.2, 0.25) is 10.0 Å². The molecule has 168 valence electrons. The van der Waals surface area contributed by atoms with Crippen molar-refractivity contribution in [1.29, 1.82) is 0 Å². The van der Waals surface area contributed by atoms with E-state index in [0.29, 0.717) is 32.1 Å². The number of nitrogens with zero attached hydrogens (tertiary/aromatic N) is 2. The second-order valence-electron chi connectivity index (χ2n) is 6.88. The topological polar surface area (TPSA) is 120 Å². The summed E-state index contributed by atoms with van der Waals surface area (Å²) in [5, 5.41) is 11.3. The van der Waals surface area contributed by atoms with Crippen molar-refractivity contribution in [3.8, 4) is 11.5 Å². The third kappa shape index (κ3) is 5.50. The molecule has 1 heterocycles. The molecule has 0 aromatic heterocycles. The standard InChI is InChI=1S/C20H25N3O7S/c1-28-16-5-3-15(4-6-16)19(22-9-11-30-12-10-22)14-21-31(26,27)17-7-8-20(29-2)18(13-17)23(24)25/h3-8,13,19,21H,9-12,14H2,1-2H3. The van der Waals surface area contributed by atoms with Gasteiger partial charge in [-0.2, -0.15) is 0 Å². The highest BCUT2D eigenvalue weighted by Gasteiger charge is 2.27. The number of sulfonamides is 1. The van der Waals surface area contributed by atoms with Crippen LogP contribution in [0, 0.1) is 10.1 Å². The Hall–Kier alpha value is -2.73. The maximum atomic E-state index is 12.9. The first kappa shape index (κ1) is 22.9. The summed E-state index contributed by atoms with van der Waals surface area (Å²) in [5.41, 5.74) is 0.511. The van der Waals surface area contributed by atoms with Crippen LogP contribution in [0.25, 0.3) is 0 Å². The number of methoxy groups -OCH3 is 2. The SMILES string of the molecule is COc1ccc(C(CNS(=O)(=O)c2ccc(OC)c([N+](=O)[O-])c2)N2CCOCC2)cc1. The van der Waals surface area contributed by atoms with Crippen molar-refractivity contribution in [2.75, 3.05) is 47.1 Å². The van der Waals surface area contributed by atoms with Crippen molar-refractivity contribution in [3.05, 3.63) is 58.1 Å². The number of morpholine rings is 1. The number of benzene rings is 2. The van der Waals surface area contributed by atoms with Crippen molar-refractivity contribution in [1.82, 2.24) is 9.62 Å². The van der Waals surface area contributed by atoms with Gasteiger partial charge in [0.15, 0.2) is 5.75 Å². The van der Waals surface area contributed by atoms with E-state index in [2.05, 4.69) is 9.62 Å². The Bertz CT molecular complexity index is 1010. The van der Waals surface area contributed by atoms with E-state index < -0.39 is 20.6 Å². The first-order valence-corrected chi connectivity index (χ1v) is 11.1. The average molecular weight is 452 g/mol. The minimum Gasteiger partial charge on any atom is -0.497 e. The molecule has 1 unspecified atom stereocenters. The lowest BCUT2D eigenvalue weighted by atomic mass is 10.0. The molecule has 11 heteroatoms. The van der Waals surface area contributed by atoms with Crippen LogP contribution in [0.15, 0.2) is 47.4 Å². The van der Waals surface area contributed by atoms with E-state index in [1.54, 1.807) is 7.11 Å². The Morgan fingerprint density at radius 2 is 1.81 bits per heavy atom. The van der Waals surface area contributed by atoms with Crippen molar-refractivity contribution in [2.45, 2.75) is 10.9 Å². The average Bonchev–Trinajstić information content (AvgIpc) is 2.79. The zero-order valence-electron chi connectivity index (χ0n) is 17.3. The van der Waals surface area contributed by atoms with Crippen LogP contribution in [0.5, 0.6) is 11.5 Å². The maximum absolute atomic E-state index is 12.9. The van der Waals surface area contributed by atoms with Crippen LogP contribution in [0.2, 0.25) is 0 Å². The number of ether oxygens (including phenoxy) is 3. The number of hydrogen-bond acceptors (Lipinski definition) is 8. The quantitative estimate of drug-likeness (QED) is 0.454. The molecule has 1 saturated heterocycles. The van der Waals surface area contributed by atoms with Gasteiger partial charge < -0.3 is 14.2 Å². The largest absolute Gasteiger partial charge is 0.497 e. The Morgan fingerprint density at radius 1 is 1.13 bits per heavy atom. The highest BCUT2D eigenvalue weighted by Crippen LogP contribution is 2.30. The molecule has 3 rings (SSSR count). The van der Waals surface area contributed by atoms with Gasteiger partial charge in [-0.05, 0) is 29.8 Å². The molecular weight excluding hydrogens is 426 g/mol. The molecule has 1 aliphatic rings. The molecule has 2 aromatic rings. The summed E-state index contributed by atoms with van der Waals surface area (Å²) >= 11 is 0. The number of nitrogens with one attached hydrogen (secondary N) is 1. The fourth-order valence-electron chi connectivity index (χ4n) is 3.42. The molecule has 10 nitrogen and oxygen atoms in total. The van der Waals surface area contributed by atoms with Gasteiger partial charge in [-0.15, -0.1) is 0 Å². The zero-order valence-corrected chi connectivity index (χ0v) is 18.1. The van der Waals surface area contributed by atoms with Gasteiger partial charge in [0.25, 0.3) is 0 Å². The van der Waals surface area contributed by atoms with E-state index in [1.165, 1.54) is 19.2 Å². The molecule has 1 fully saturated rings. The first-order valence-electron chi connectivity index (χ1n) is 9.63. The molecule has 1 atom stereocenters. The van der Waals surface area contributed by atoms with E-state index in [-0.39, 0.29) is 23.2 Å². The predicted octanol–water partition coefficient (Wildman–Crippen LogP) is 1.96. The van der Waals surface area contributed by atoms with Gasteiger partial charge in [-0.1, -0.05) is 12.1 Å². The van der Waals surface area contributed by atoms with Gasteiger partial charge in [0.05, 0.1) is 37.3 Å². The van der Waals surface area contributed by atoms with Crippen molar-refractivity contribution in [3.63, 3.8) is 0 Å². The van der Waals surface area contributed by atoms with Crippen LogP contribution in [-0.4, -0.2) is 65.3 Å². The molecule has 0 radical (unpaired) electrons. The maximum Gasteiger partial charge on any atom is 0.312 e. The normalized spacial score (nSPS) is 15.9. The number of rotatable bonds is 9. The lowest BCUT2D eigenvalue weighted by Gasteiger charge is -2.35. The predicted molar refractivity (Wildman–Crippen MR) is 113 cm³/mol. The smallest absolute Gasteiger partial charge is 0.312 e. The van der Waals surface area contributed by atoms with E-state index in [9.17, 15) is 18.5 Å². The summed E-state index contributed by atoms with van der Waals surface area (Å²) in [7, 11) is -1.12. The summed E-state index contributed by atoms with van der Waals surface area (Å²) in [6, 6.07) is 10.8. The molecule has 1 aliphatic heterocycles. The van der Waals surface area contributed by atoms with E-state index >= 15 is 0 Å². The number of nitro groups is 1. The van der Waals surface area contributed by atoms with Gasteiger partial charge in [-0.3, -0.25) is 15.0 Å². The number of hydrogen-bond donors (Lipinski definition) is 1. The second kappa shape index (κ2) is 10.1. The van der Waals surface area contributed by atoms with Crippen LogP contribution in [-0.2, 0) is 14.8 Å². The molecule has 1 N–H and O–H groups in total. The lowest BCUT2D eigenvalue weighted by Crippen LogP contribution is -2.43. The fourth-order valence-corrected chi connectivity index (χ4v) is 4.48. The Kier molecular flexibility index (Phi) is 7.44. The van der Waals surface area contributed by atoms with Crippen LogP contribution in [0.3, 0.4) is 0 Å². The van der Waals surface area contributed by atoms with Crippen LogP contribution in [0.1, 0.15) is 11.6 Å². The van der Waals surface area contributed by atoms with Crippen LogP contribution >= 0.6 is 0 Å². The first-order chi connectivity index (χ1) is 14.9. The molecule has 0 bridgehead atoms. The van der Waals surface area contributed by atoms with Gasteiger partial charge in [0, 0.05) is 31.7 Å². The molecule has 0 amide bonds. The fraction of sp³-hybridized carbons (Fsp3) is 0.400. The van der Waals surface area contributed by atoms with Gasteiger partial charge in [-0.25, -0.2) is 13.1 Å². The van der Waals surface area contributed by atoms with Crippen molar-refractivity contribution >= 4 is 15.7 Å². The van der Waals surface area contributed by atoms with Crippen molar-refractivity contribution < 1.29 is 27.6 Å². The minimum atomic E-state index is -3.99. The molecule has 0 spiro atoms. The van der Waals surface area contributed by atoms with Crippen LogP contribution < -0.4 is 14.2 Å². The van der Waals surface area contributed by atoms with E-state index in [4.69, 9.17) is 14.2 Å². The number of nitro benzene ring substituents is 1. The Balaban J connectivity index is 1.84. The molecule has 2 aromatic carbocycles. The van der Waals surface area contributed by atoms with E-state index in [1.807, 2.05) is 24.3 Å². The third-order valence-corrected chi connectivity index (χ3v) is 6.53. The Labute approximate surface area is 180 Å². The molecular formula is C20H25N3O7S. The van der Waals surface area contributed by atoms with Gasteiger partial charge in [0.1, 0.15) is 5.75 Å². The monoisotopic (exact) mass is 451 g/mol. The highest BCUT2D eigenvalue weighted by molar-refractivity contribution is 7.89. The van der Waals surface area contributed by atoms with Crippen LogP contribution in [0.4, 0.5) is 5.69 Å². The molecule has 0 saturated carbocycles.